The molecule has 0 aliphatic heterocycles. The first kappa shape index (κ1) is 17.4. The number of carbonyl (C=O) groups excluding carboxylic acids is 1. The van der Waals surface area contributed by atoms with E-state index in [9.17, 15) is 9.59 Å². The van der Waals surface area contributed by atoms with Crippen LogP contribution in [0.3, 0.4) is 0 Å². The van der Waals surface area contributed by atoms with E-state index in [1.807, 2.05) is 18.2 Å². The van der Waals surface area contributed by atoms with Crippen molar-refractivity contribution in [3.8, 4) is 11.4 Å². The van der Waals surface area contributed by atoms with Crippen molar-refractivity contribution in [2.45, 2.75) is 6.54 Å². The van der Waals surface area contributed by atoms with Crippen molar-refractivity contribution >= 4 is 22.8 Å². The molecule has 2 aromatic heterocycles. The molecule has 28 heavy (non-hydrogen) atoms. The number of nitrogens with zero attached hydrogens (tertiary/aromatic N) is 5. The van der Waals surface area contributed by atoms with E-state index in [1.165, 1.54) is 15.6 Å². The molecule has 4 rings (SSSR count). The highest BCUT2D eigenvalue weighted by atomic mass is 16.5. The molecular formula is C19H16N6O3. The van der Waals surface area contributed by atoms with Crippen molar-refractivity contribution in [3.05, 3.63) is 71.3 Å². The second-order valence-electron chi connectivity index (χ2n) is 5.97. The van der Waals surface area contributed by atoms with E-state index in [0.29, 0.717) is 22.8 Å². The van der Waals surface area contributed by atoms with Crippen molar-refractivity contribution in [3.63, 3.8) is 0 Å². The third-order valence-corrected chi connectivity index (χ3v) is 4.10. The Balaban J connectivity index is 1.63. The molecule has 9 nitrogen and oxygen atoms in total. The summed E-state index contributed by atoms with van der Waals surface area (Å²) in [6, 6.07) is 16.2. The van der Waals surface area contributed by atoms with Gasteiger partial charge in [-0.2, -0.15) is 4.68 Å². The molecular weight excluding hydrogens is 360 g/mol. The SMILES string of the molecule is COc1cccc(-n2nnc3c(=O)n(CC(=O)Nc4ccccc4)cnc32)c1. The Hall–Kier alpha value is -4.01. The van der Waals surface area contributed by atoms with Crippen molar-refractivity contribution < 1.29 is 9.53 Å². The summed E-state index contributed by atoms with van der Waals surface area (Å²) < 4.78 is 7.86. The Morgan fingerprint density at radius 1 is 1.14 bits per heavy atom. The number of methoxy groups -OCH3 is 1. The summed E-state index contributed by atoms with van der Waals surface area (Å²) in [5.74, 6) is 0.307. The summed E-state index contributed by atoms with van der Waals surface area (Å²) in [7, 11) is 1.57. The number of amides is 1. The number of ether oxygens (including phenoxy) is 1. The summed E-state index contributed by atoms with van der Waals surface area (Å²) in [5.41, 5.74) is 1.25. The Labute approximate surface area is 159 Å². The van der Waals surface area contributed by atoms with Gasteiger partial charge in [0.25, 0.3) is 5.56 Å². The number of carbonyl (C=O) groups is 1. The maximum absolute atomic E-state index is 12.7. The van der Waals surface area contributed by atoms with E-state index < -0.39 is 5.56 Å². The predicted octanol–water partition coefficient (Wildman–Crippen LogP) is 1.62. The van der Waals surface area contributed by atoms with Gasteiger partial charge in [0.15, 0.2) is 11.2 Å². The van der Waals surface area contributed by atoms with E-state index in [2.05, 4.69) is 20.6 Å². The van der Waals surface area contributed by atoms with Crippen LogP contribution < -0.4 is 15.6 Å². The third-order valence-electron chi connectivity index (χ3n) is 4.10. The topological polar surface area (TPSA) is 104 Å². The van der Waals surface area contributed by atoms with Gasteiger partial charge >= 0.3 is 0 Å². The second kappa shape index (κ2) is 7.31. The summed E-state index contributed by atoms with van der Waals surface area (Å²) in [4.78, 5) is 29.2. The number of nitrogens with one attached hydrogen (secondary N) is 1. The molecule has 4 aromatic rings. The number of hydrogen-bond acceptors (Lipinski definition) is 6. The lowest BCUT2D eigenvalue weighted by Crippen LogP contribution is -2.28. The average Bonchev–Trinajstić information content (AvgIpc) is 3.16. The minimum absolute atomic E-state index is 0.0813. The molecule has 9 heteroatoms. The van der Waals surface area contributed by atoms with E-state index in [-0.39, 0.29) is 18.0 Å². The lowest BCUT2D eigenvalue weighted by atomic mass is 10.3. The van der Waals surface area contributed by atoms with E-state index >= 15 is 0 Å². The number of rotatable bonds is 5. The van der Waals surface area contributed by atoms with Crippen molar-refractivity contribution in [2.75, 3.05) is 12.4 Å². The van der Waals surface area contributed by atoms with Gasteiger partial charge in [-0.25, -0.2) is 4.98 Å². The van der Waals surface area contributed by atoms with Crippen LogP contribution in [0.2, 0.25) is 0 Å². The van der Waals surface area contributed by atoms with Gasteiger partial charge in [0.1, 0.15) is 18.6 Å². The standard InChI is InChI=1S/C19H16N6O3/c1-28-15-9-5-8-14(10-15)25-18-17(22-23-25)19(27)24(12-20-18)11-16(26)21-13-6-3-2-4-7-13/h2-10,12H,11H2,1H3,(H,21,26). The van der Waals surface area contributed by atoms with Gasteiger partial charge in [0.05, 0.1) is 12.8 Å². The van der Waals surface area contributed by atoms with Crippen LogP contribution in [0.5, 0.6) is 5.75 Å². The molecule has 0 radical (unpaired) electrons. The normalized spacial score (nSPS) is 10.8. The first-order valence-electron chi connectivity index (χ1n) is 8.46. The van der Waals surface area contributed by atoms with Crippen LogP contribution in [-0.2, 0) is 11.3 Å². The van der Waals surface area contributed by atoms with Gasteiger partial charge in [0.2, 0.25) is 5.91 Å². The maximum Gasteiger partial charge on any atom is 0.284 e. The molecule has 0 atom stereocenters. The lowest BCUT2D eigenvalue weighted by molar-refractivity contribution is -0.116. The van der Waals surface area contributed by atoms with Gasteiger partial charge in [-0.3, -0.25) is 14.2 Å². The predicted molar refractivity (Wildman–Crippen MR) is 103 cm³/mol. The molecule has 0 aliphatic carbocycles. The monoisotopic (exact) mass is 376 g/mol. The van der Waals surface area contributed by atoms with Crippen molar-refractivity contribution in [2.24, 2.45) is 0 Å². The van der Waals surface area contributed by atoms with Crippen LogP contribution >= 0.6 is 0 Å². The average molecular weight is 376 g/mol. The molecule has 1 N–H and O–H groups in total. The zero-order valence-corrected chi connectivity index (χ0v) is 14.9. The molecule has 0 unspecified atom stereocenters. The quantitative estimate of drug-likeness (QED) is 0.568. The number of hydrogen-bond donors (Lipinski definition) is 1. The van der Waals surface area contributed by atoms with E-state index in [0.717, 1.165) is 0 Å². The molecule has 0 fully saturated rings. The van der Waals surface area contributed by atoms with Crippen LogP contribution in [0.25, 0.3) is 16.9 Å². The lowest BCUT2D eigenvalue weighted by Gasteiger charge is -2.07. The fourth-order valence-electron chi connectivity index (χ4n) is 2.75. The first-order chi connectivity index (χ1) is 13.7. The number of benzene rings is 2. The van der Waals surface area contributed by atoms with Crippen molar-refractivity contribution in [1.29, 1.82) is 0 Å². The van der Waals surface area contributed by atoms with Crippen molar-refractivity contribution in [1.82, 2.24) is 24.5 Å². The molecule has 0 aliphatic rings. The minimum Gasteiger partial charge on any atom is -0.497 e. The number of fused-ring (bicyclic) bond motifs is 1. The van der Waals surface area contributed by atoms with Gasteiger partial charge in [-0.1, -0.05) is 29.5 Å². The van der Waals surface area contributed by atoms with Crippen LogP contribution in [0.15, 0.2) is 65.7 Å². The van der Waals surface area contributed by atoms with Crippen LogP contribution in [-0.4, -0.2) is 37.6 Å². The Morgan fingerprint density at radius 2 is 1.96 bits per heavy atom. The molecule has 0 spiro atoms. The minimum atomic E-state index is -0.442. The number of para-hydroxylation sites is 1. The van der Waals surface area contributed by atoms with E-state index in [1.54, 1.807) is 43.5 Å². The third kappa shape index (κ3) is 3.32. The van der Waals surface area contributed by atoms with Gasteiger partial charge in [-0.15, -0.1) is 5.10 Å². The molecule has 2 heterocycles. The summed E-state index contributed by atoms with van der Waals surface area (Å²) in [5, 5.41) is 10.7. The van der Waals surface area contributed by atoms with Gasteiger partial charge < -0.3 is 10.1 Å². The van der Waals surface area contributed by atoms with Crippen LogP contribution in [0.1, 0.15) is 0 Å². The summed E-state index contributed by atoms with van der Waals surface area (Å²) in [6.07, 6.45) is 1.31. The van der Waals surface area contributed by atoms with Gasteiger partial charge in [-0.05, 0) is 24.3 Å². The Morgan fingerprint density at radius 3 is 2.75 bits per heavy atom. The number of anilines is 1. The Bertz CT molecular complexity index is 1200. The first-order valence-corrected chi connectivity index (χ1v) is 8.46. The highest BCUT2D eigenvalue weighted by molar-refractivity contribution is 5.90. The van der Waals surface area contributed by atoms with Gasteiger partial charge in [0, 0.05) is 11.8 Å². The largest absolute Gasteiger partial charge is 0.497 e. The highest BCUT2D eigenvalue weighted by Gasteiger charge is 2.15. The fraction of sp³-hybridized carbons (Fsp3) is 0.105. The smallest absolute Gasteiger partial charge is 0.284 e. The molecule has 1 amide bonds. The second-order valence-corrected chi connectivity index (χ2v) is 5.97. The van der Waals surface area contributed by atoms with E-state index in [4.69, 9.17) is 4.74 Å². The summed E-state index contributed by atoms with van der Waals surface area (Å²) in [6.45, 7) is -0.178. The highest BCUT2D eigenvalue weighted by Crippen LogP contribution is 2.17. The van der Waals surface area contributed by atoms with Crippen LogP contribution in [0, 0.1) is 0 Å². The molecule has 140 valence electrons. The van der Waals surface area contributed by atoms with Crippen LogP contribution in [0.4, 0.5) is 5.69 Å². The zero-order valence-electron chi connectivity index (χ0n) is 14.9. The molecule has 0 saturated heterocycles. The number of aromatic nitrogens is 5. The molecule has 2 aromatic carbocycles. The zero-order chi connectivity index (χ0) is 19.5. The maximum atomic E-state index is 12.7. The molecule has 0 bridgehead atoms. The summed E-state index contributed by atoms with van der Waals surface area (Å²) >= 11 is 0. The Kier molecular flexibility index (Phi) is 4.55. The molecule has 0 saturated carbocycles. The fourth-order valence-corrected chi connectivity index (χ4v) is 2.75.